The average Bonchev–Trinajstić information content (AvgIpc) is 2.32. The van der Waals surface area contributed by atoms with E-state index in [0.717, 1.165) is 0 Å². The van der Waals surface area contributed by atoms with E-state index >= 15 is 0 Å². The van der Waals surface area contributed by atoms with Gasteiger partial charge in [-0.05, 0) is 41.5 Å². The molecule has 0 aromatic carbocycles. The number of ether oxygens (including phenoxy) is 2. The lowest BCUT2D eigenvalue weighted by Gasteiger charge is -2.21. The Labute approximate surface area is 137 Å². The van der Waals surface area contributed by atoms with E-state index < -0.39 is 23.4 Å². The van der Waals surface area contributed by atoms with E-state index in [9.17, 15) is 14.5 Å². The number of rotatable bonds is 7. The summed E-state index contributed by atoms with van der Waals surface area (Å²) in [6, 6.07) is 0. The van der Waals surface area contributed by atoms with Crippen molar-refractivity contribution in [2.75, 3.05) is 26.2 Å². The first-order chi connectivity index (χ1) is 10.4. The zero-order chi connectivity index (χ0) is 18.1. The van der Waals surface area contributed by atoms with E-state index in [4.69, 9.17) is 9.47 Å². The molecule has 2 N–H and O–H groups in total. The number of nitrogens with one attached hydrogen (secondary N) is 2. The van der Waals surface area contributed by atoms with Crippen LogP contribution in [0.2, 0.25) is 0 Å². The third kappa shape index (κ3) is 13.3. The fourth-order valence-corrected chi connectivity index (χ4v) is 1.40. The molecule has 0 heterocycles. The van der Waals surface area contributed by atoms with Crippen LogP contribution in [0.4, 0.5) is 9.59 Å². The molecule has 0 atom stereocenters. The van der Waals surface area contributed by atoms with Crippen LogP contribution < -0.4 is 10.6 Å². The molecule has 0 aliphatic heterocycles. The number of carbonyl (C=O) groups is 2. The zero-order valence-electron chi connectivity index (χ0n) is 14.8. The first kappa shape index (κ1) is 20.9. The van der Waals surface area contributed by atoms with E-state index in [1.807, 2.05) is 0 Å². The van der Waals surface area contributed by atoms with Crippen molar-refractivity contribution in [2.45, 2.75) is 52.7 Å². The van der Waals surface area contributed by atoms with Crippen molar-refractivity contribution in [2.24, 2.45) is 5.29 Å². The number of hydrogen-bond donors (Lipinski definition) is 2. The first-order valence-electron chi connectivity index (χ1n) is 7.45. The first-order valence-corrected chi connectivity index (χ1v) is 7.45. The van der Waals surface area contributed by atoms with Gasteiger partial charge in [-0.3, -0.25) is 5.01 Å². The Bertz CT molecular complexity index is 367. The van der Waals surface area contributed by atoms with Gasteiger partial charge in [0, 0.05) is 13.1 Å². The molecule has 0 aliphatic carbocycles. The lowest BCUT2D eigenvalue weighted by atomic mass is 10.2. The summed E-state index contributed by atoms with van der Waals surface area (Å²) >= 11 is 0. The van der Waals surface area contributed by atoms with Gasteiger partial charge in [-0.1, -0.05) is 0 Å². The molecule has 0 saturated carbocycles. The van der Waals surface area contributed by atoms with Crippen LogP contribution in [0.1, 0.15) is 41.5 Å². The number of hydrogen-bond acceptors (Lipinski definition) is 6. The Kier molecular flexibility index (Phi) is 8.34. The average molecular weight is 332 g/mol. The van der Waals surface area contributed by atoms with Crippen molar-refractivity contribution < 1.29 is 19.1 Å². The topological polar surface area (TPSA) is 109 Å². The molecule has 0 aromatic rings. The number of alkyl carbamates (subject to hydrolysis) is 2. The largest absolute Gasteiger partial charge is 0.444 e. The van der Waals surface area contributed by atoms with Gasteiger partial charge in [-0.25, -0.2) is 9.59 Å². The van der Waals surface area contributed by atoms with E-state index in [-0.39, 0.29) is 26.2 Å². The zero-order valence-corrected chi connectivity index (χ0v) is 14.8. The Hall–Kier alpha value is -2.06. The van der Waals surface area contributed by atoms with E-state index in [2.05, 4.69) is 15.9 Å². The van der Waals surface area contributed by atoms with Crippen LogP contribution in [0.15, 0.2) is 5.29 Å². The molecule has 0 saturated heterocycles. The van der Waals surface area contributed by atoms with Gasteiger partial charge in [-0.15, -0.1) is 4.91 Å². The van der Waals surface area contributed by atoms with Gasteiger partial charge < -0.3 is 20.1 Å². The number of nitroso groups, excluding NO2 is 1. The van der Waals surface area contributed by atoms with Crippen LogP contribution in [0.5, 0.6) is 0 Å². The maximum absolute atomic E-state index is 11.4. The minimum atomic E-state index is -0.579. The minimum Gasteiger partial charge on any atom is -0.444 e. The molecule has 23 heavy (non-hydrogen) atoms. The SMILES string of the molecule is CC(C)(C)OC(=O)NCCN(CCNC(=O)OC(C)(C)C)N=O. The Balaban J connectivity index is 3.93. The summed E-state index contributed by atoms with van der Waals surface area (Å²) in [5.74, 6) is 0. The highest BCUT2D eigenvalue weighted by atomic mass is 16.6. The van der Waals surface area contributed by atoms with Gasteiger partial charge in [0.15, 0.2) is 0 Å². The molecular formula is C14H28N4O5. The predicted octanol–water partition coefficient (Wildman–Crippen LogP) is 2.02. The van der Waals surface area contributed by atoms with Crippen molar-refractivity contribution in [3.05, 3.63) is 4.91 Å². The van der Waals surface area contributed by atoms with Gasteiger partial charge >= 0.3 is 12.2 Å². The quantitative estimate of drug-likeness (QED) is 0.545. The Morgan fingerprint density at radius 3 is 1.48 bits per heavy atom. The maximum Gasteiger partial charge on any atom is 0.407 e. The Morgan fingerprint density at radius 1 is 0.870 bits per heavy atom. The van der Waals surface area contributed by atoms with E-state index in [1.54, 1.807) is 41.5 Å². The molecule has 0 unspecified atom stereocenters. The second-order valence-corrected chi connectivity index (χ2v) is 6.89. The van der Waals surface area contributed by atoms with Crippen LogP contribution in [0, 0.1) is 4.91 Å². The van der Waals surface area contributed by atoms with Crippen molar-refractivity contribution in [1.82, 2.24) is 15.6 Å². The van der Waals surface area contributed by atoms with Gasteiger partial charge in [0.05, 0.1) is 18.4 Å². The summed E-state index contributed by atoms with van der Waals surface area (Å²) in [6.07, 6.45) is -1.12. The van der Waals surface area contributed by atoms with Gasteiger partial charge in [-0.2, -0.15) is 0 Å². The molecule has 0 aliphatic rings. The summed E-state index contributed by atoms with van der Waals surface area (Å²) in [7, 11) is 0. The van der Waals surface area contributed by atoms with E-state index in [0.29, 0.717) is 0 Å². The summed E-state index contributed by atoms with van der Waals surface area (Å²) in [5, 5.41) is 9.06. The molecule has 134 valence electrons. The second-order valence-electron chi connectivity index (χ2n) is 6.89. The minimum absolute atomic E-state index is 0.201. The van der Waals surface area contributed by atoms with Gasteiger partial charge in [0.2, 0.25) is 0 Å². The van der Waals surface area contributed by atoms with Crippen molar-refractivity contribution >= 4 is 12.2 Å². The molecule has 0 rings (SSSR count). The fourth-order valence-electron chi connectivity index (χ4n) is 1.40. The van der Waals surface area contributed by atoms with Crippen molar-refractivity contribution in [3.8, 4) is 0 Å². The van der Waals surface area contributed by atoms with Gasteiger partial charge in [0.25, 0.3) is 0 Å². The van der Waals surface area contributed by atoms with Crippen LogP contribution >= 0.6 is 0 Å². The van der Waals surface area contributed by atoms with Gasteiger partial charge in [0.1, 0.15) is 11.2 Å². The summed E-state index contributed by atoms with van der Waals surface area (Å²) < 4.78 is 10.1. The second kappa shape index (κ2) is 9.16. The van der Waals surface area contributed by atoms with Crippen molar-refractivity contribution in [3.63, 3.8) is 0 Å². The normalized spacial score (nSPS) is 11.4. The number of nitrogens with zero attached hydrogens (tertiary/aromatic N) is 2. The molecule has 9 heteroatoms. The summed E-state index contributed by atoms with van der Waals surface area (Å²) in [4.78, 5) is 33.6. The molecule has 9 nitrogen and oxygen atoms in total. The highest BCUT2D eigenvalue weighted by molar-refractivity contribution is 5.68. The highest BCUT2D eigenvalue weighted by Gasteiger charge is 2.17. The third-order valence-electron chi connectivity index (χ3n) is 2.19. The molecule has 0 aromatic heterocycles. The Morgan fingerprint density at radius 2 is 1.22 bits per heavy atom. The highest BCUT2D eigenvalue weighted by Crippen LogP contribution is 2.06. The van der Waals surface area contributed by atoms with Crippen LogP contribution in [-0.4, -0.2) is 54.6 Å². The summed E-state index contributed by atoms with van der Waals surface area (Å²) in [6.45, 7) is 11.4. The fraction of sp³-hybridized carbons (Fsp3) is 0.857. The van der Waals surface area contributed by atoms with Crippen LogP contribution in [0.25, 0.3) is 0 Å². The van der Waals surface area contributed by atoms with Crippen molar-refractivity contribution in [1.29, 1.82) is 0 Å². The molecular weight excluding hydrogens is 304 g/mol. The van der Waals surface area contributed by atoms with Crippen LogP contribution in [0.3, 0.4) is 0 Å². The standard InChI is InChI=1S/C14H28N4O5/c1-13(2,3)22-11(19)15-7-9-18(17-21)10-8-16-12(20)23-14(4,5)6/h7-10H2,1-6H3,(H,15,19)(H,16,20). The number of amides is 2. The monoisotopic (exact) mass is 332 g/mol. The van der Waals surface area contributed by atoms with E-state index in [1.165, 1.54) is 5.01 Å². The molecule has 0 spiro atoms. The third-order valence-corrected chi connectivity index (χ3v) is 2.19. The predicted molar refractivity (Wildman–Crippen MR) is 85.8 cm³/mol. The van der Waals surface area contributed by atoms with Crippen LogP contribution in [-0.2, 0) is 9.47 Å². The molecule has 0 fully saturated rings. The maximum atomic E-state index is 11.4. The lowest BCUT2D eigenvalue weighted by Crippen LogP contribution is -2.39. The summed E-state index contributed by atoms with van der Waals surface area (Å²) in [5.41, 5.74) is -1.16. The molecule has 0 bridgehead atoms. The lowest BCUT2D eigenvalue weighted by molar-refractivity contribution is 0.0520. The smallest absolute Gasteiger partial charge is 0.407 e. The molecule has 2 amide bonds. The number of carbonyl (C=O) groups excluding carboxylic acids is 2. The molecule has 0 radical (unpaired) electrons.